The molecule has 0 spiro atoms. The molecule has 2 atom stereocenters. The van der Waals surface area contributed by atoms with E-state index >= 15 is 0 Å². The molecule has 2 aromatic heterocycles. The molecule has 1 fully saturated rings. The third-order valence-corrected chi connectivity index (χ3v) is 5.51. The van der Waals surface area contributed by atoms with Gasteiger partial charge in [-0.25, -0.2) is 4.98 Å². The number of rotatable bonds is 9. The number of pyridine rings is 2. The van der Waals surface area contributed by atoms with Crippen LogP contribution in [0.5, 0.6) is 0 Å². The van der Waals surface area contributed by atoms with Crippen molar-refractivity contribution in [2.24, 2.45) is 21.7 Å². The van der Waals surface area contributed by atoms with Crippen LogP contribution in [0.3, 0.4) is 0 Å². The summed E-state index contributed by atoms with van der Waals surface area (Å²) in [4.78, 5) is 23.1. The van der Waals surface area contributed by atoms with Crippen LogP contribution in [0.15, 0.2) is 40.8 Å². The summed E-state index contributed by atoms with van der Waals surface area (Å²) in [5.41, 5.74) is 12.5. The molecule has 1 saturated carbocycles. The van der Waals surface area contributed by atoms with E-state index in [9.17, 15) is 4.79 Å². The van der Waals surface area contributed by atoms with Gasteiger partial charge in [0.25, 0.3) is 5.91 Å². The smallest absolute Gasteiger partial charge is 0.252 e. The van der Waals surface area contributed by atoms with Crippen LogP contribution in [0.1, 0.15) is 36.0 Å². The van der Waals surface area contributed by atoms with E-state index in [1.807, 2.05) is 20.2 Å². The van der Waals surface area contributed by atoms with Gasteiger partial charge in [0, 0.05) is 25.7 Å². The molecule has 0 aliphatic heterocycles. The second kappa shape index (κ2) is 10.8. The quantitative estimate of drug-likeness (QED) is 0.451. The number of carbonyl (C=O) groups is 1. The van der Waals surface area contributed by atoms with Crippen LogP contribution in [0, 0.1) is 0 Å². The van der Waals surface area contributed by atoms with Crippen molar-refractivity contribution >= 4 is 28.9 Å². The van der Waals surface area contributed by atoms with Gasteiger partial charge >= 0.3 is 0 Å². The fraction of sp³-hybridized carbons (Fsp3) is 0.476. The number of hydrogen-bond acceptors (Lipinski definition) is 9. The highest BCUT2D eigenvalue weighted by Crippen LogP contribution is 2.28. The van der Waals surface area contributed by atoms with E-state index < -0.39 is 5.91 Å². The number of amides is 1. The highest BCUT2D eigenvalue weighted by Gasteiger charge is 2.28. The molecule has 10 heteroatoms. The SMILES string of the molecule is CNC1CCCCC1N(C)c1ccc(C(N)=O)c(Nc2cncc(N=NCCN)c2)n1. The highest BCUT2D eigenvalue weighted by molar-refractivity contribution is 5.98. The van der Waals surface area contributed by atoms with E-state index in [0.29, 0.717) is 47.9 Å². The lowest BCUT2D eigenvalue weighted by Crippen LogP contribution is -2.49. The lowest BCUT2D eigenvalue weighted by atomic mass is 9.89. The van der Waals surface area contributed by atoms with Crippen molar-refractivity contribution in [1.29, 1.82) is 0 Å². The Bertz CT molecular complexity index is 917. The average Bonchev–Trinajstić information content (AvgIpc) is 2.79. The number of primary amides is 1. The van der Waals surface area contributed by atoms with Crippen molar-refractivity contribution in [2.45, 2.75) is 37.8 Å². The number of anilines is 3. The largest absolute Gasteiger partial charge is 0.365 e. The second-order valence-electron chi connectivity index (χ2n) is 7.60. The van der Waals surface area contributed by atoms with Crippen LogP contribution in [0.2, 0.25) is 0 Å². The molecule has 1 aliphatic rings. The summed E-state index contributed by atoms with van der Waals surface area (Å²) in [7, 11) is 4.04. The number of nitrogens with one attached hydrogen (secondary N) is 2. The van der Waals surface area contributed by atoms with Gasteiger partial charge in [-0.3, -0.25) is 9.78 Å². The molecule has 166 valence electrons. The summed E-state index contributed by atoms with van der Waals surface area (Å²) < 4.78 is 0. The maximum absolute atomic E-state index is 12.0. The molecular formula is C21H31N9O. The van der Waals surface area contributed by atoms with E-state index in [-0.39, 0.29) is 0 Å². The summed E-state index contributed by atoms with van der Waals surface area (Å²) >= 11 is 0. The maximum atomic E-state index is 12.0. The van der Waals surface area contributed by atoms with Crippen LogP contribution in [-0.2, 0) is 0 Å². The number of nitrogens with zero attached hydrogens (tertiary/aromatic N) is 5. The minimum Gasteiger partial charge on any atom is -0.365 e. The minimum absolute atomic E-state index is 0.307. The molecule has 2 aromatic rings. The third kappa shape index (κ3) is 5.74. The Balaban J connectivity index is 1.87. The standard InChI is InChI=1S/C21H31N9O/c1-24-17-5-3-4-6-18(17)30(2)19-8-7-16(20(23)31)21(28-19)27-14-11-15(13-25-12-14)29-26-10-9-22/h7-8,11-13,17-18,24H,3-6,9-10,22H2,1-2H3,(H2,23,31)(H,27,28). The Kier molecular flexibility index (Phi) is 7.85. The van der Waals surface area contributed by atoms with E-state index in [1.165, 1.54) is 12.8 Å². The first-order valence-corrected chi connectivity index (χ1v) is 10.5. The fourth-order valence-corrected chi connectivity index (χ4v) is 3.90. The molecule has 0 bridgehead atoms. The molecule has 2 heterocycles. The first kappa shape index (κ1) is 22.6. The Morgan fingerprint density at radius 2 is 2.10 bits per heavy atom. The summed E-state index contributed by atoms with van der Waals surface area (Å²) in [5.74, 6) is 0.597. The number of nitrogens with two attached hydrogens (primary N) is 2. The number of carbonyl (C=O) groups excluding carboxylic acids is 1. The Hall–Kier alpha value is -3.11. The van der Waals surface area contributed by atoms with Gasteiger partial charge in [-0.05, 0) is 38.1 Å². The molecule has 0 saturated heterocycles. The summed E-state index contributed by atoms with van der Waals surface area (Å²) in [6.07, 6.45) is 7.86. The van der Waals surface area contributed by atoms with Gasteiger partial charge in [0.05, 0.1) is 30.2 Å². The van der Waals surface area contributed by atoms with Crippen molar-refractivity contribution in [3.05, 3.63) is 36.2 Å². The van der Waals surface area contributed by atoms with Gasteiger partial charge in [0.2, 0.25) is 0 Å². The number of azo groups is 1. The van der Waals surface area contributed by atoms with Gasteiger partial charge in [0.15, 0.2) is 0 Å². The monoisotopic (exact) mass is 425 g/mol. The van der Waals surface area contributed by atoms with Gasteiger partial charge < -0.3 is 27.0 Å². The van der Waals surface area contributed by atoms with Crippen molar-refractivity contribution in [3.8, 4) is 0 Å². The number of likely N-dealkylation sites (N-methyl/N-ethyl adjacent to an activating group) is 2. The summed E-state index contributed by atoms with van der Waals surface area (Å²) in [6.45, 7) is 0.866. The van der Waals surface area contributed by atoms with Gasteiger partial charge in [-0.2, -0.15) is 10.2 Å². The third-order valence-electron chi connectivity index (χ3n) is 5.51. The molecule has 1 aliphatic carbocycles. The highest BCUT2D eigenvalue weighted by atomic mass is 16.1. The van der Waals surface area contributed by atoms with Crippen molar-refractivity contribution in [2.75, 3.05) is 37.4 Å². The van der Waals surface area contributed by atoms with Crippen molar-refractivity contribution in [3.63, 3.8) is 0 Å². The molecule has 10 nitrogen and oxygen atoms in total. The molecule has 0 aromatic carbocycles. The van der Waals surface area contributed by atoms with Gasteiger partial charge in [-0.1, -0.05) is 12.8 Å². The predicted molar refractivity (Wildman–Crippen MR) is 122 cm³/mol. The number of hydrogen-bond donors (Lipinski definition) is 4. The van der Waals surface area contributed by atoms with Crippen LogP contribution < -0.4 is 27.0 Å². The Morgan fingerprint density at radius 1 is 1.29 bits per heavy atom. The van der Waals surface area contributed by atoms with Crippen LogP contribution >= 0.6 is 0 Å². The van der Waals surface area contributed by atoms with E-state index in [0.717, 1.165) is 18.7 Å². The van der Waals surface area contributed by atoms with Crippen LogP contribution in [0.4, 0.5) is 23.0 Å². The topological polar surface area (TPSA) is 147 Å². The molecule has 31 heavy (non-hydrogen) atoms. The molecule has 2 unspecified atom stereocenters. The fourth-order valence-electron chi connectivity index (χ4n) is 3.90. The van der Waals surface area contributed by atoms with Gasteiger partial charge in [0.1, 0.15) is 17.3 Å². The Labute approximate surface area is 182 Å². The molecule has 6 N–H and O–H groups in total. The molecule has 1 amide bonds. The summed E-state index contributed by atoms with van der Waals surface area (Å²) in [5, 5.41) is 14.7. The number of aromatic nitrogens is 2. The normalized spacial score (nSPS) is 18.8. The molecular weight excluding hydrogens is 394 g/mol. The predicted octanol–water partition coefficient (Wildman–Crippen LogP) is 2.33. The Morgan fingerprint density at radius 3 is 2.84 bits per heavy atom. The maximum Gasteiger partial charge on any atom is 0.252 e. The lowest BCUT2D eigenvalue weighted by molar-refractivity contribution is 0.100. The average molecular weight is 426 g/mol. The van der Waals surface area contributed by atoms with Crippen molar-refractivity contribution in [1.82, 2.24) is 15.3 Å². The van der Waals surface area contributed by atoms with Crippen LogP contribution in [0.25, 0.3) is 0 Å². The van der Waals surface area contributed by atoms with E-state index in [1.54, 1.807) is 24.5 Å². The lowest BCUT2D eigenvalue weighted by Gasteiger charge is -2.38. The summed E-state index contributed by atoms with van der Waals surface area (Å²) in [6, 6.07) is 6.04. The second-order valence-corrected chi connectivity index (χ2v) is 7.60. The first-order chi connectivity index (χ1) is 15.0. The molecule has 3 rings (SSSR count). The zero-order valence-electron chi connectivity index (χ0n) is 18.1. The van der Waals surface area contributed by atoms with Crippen molar-refractivity contribution < 1.29 is 4.79 Å². The minimum atomic E-state index is -0.554. The molecule has 0 radical (unpaired) electrons. The van der Waals surface area contributed by atoms with Crippen LogP contribution in [-0.4, -0.2) is 55.1 Å². The van der Waals surface area contributed by atoms with Gasteiger partial charge in [-0.15, -0.1) is 0 Å². The first-order valence-electron chi connectivity index (χ1n) is 10.5. The van der Waals surface area contributed by atoms with E-state index in [4.69, 9.17) is 16.5 Å². The zero-order valence-corrected chi connectivity index (χ0v) is 18.1. The zero-order chi connectivity index (χ0) is 22.2. The van der Waals surface area contributed by atoms with E-state index in [2.05, 4.69) is 30.7 Å².